The predicted octanol–water partition coefficient (Wildman–Crippen LogP) is 0.596. The van der Waals surface area contributed by atoms with Crippen LogP contribution in [0.1, 0.15) is 25.7 Å². The minimum Gasteiger partial charge on any atom is -0.313 e. The Morgan fingerprint density at radius 1 is 1.00 bits per heavy atom. The van der Waals surface area contributed by atoms with Crippen LogP contribution >= 0.6 is 12.4 Å². The van der Waals surface area contributed by atoms with Gasteiger partial charge in [0, 0.05) is 0 Å². The van der Waals surface area contributed by atoms with E-state index >= 15 is 0 Å². The van der Waals surface area contributed by atoms with Crippen LogP contribution in [0.15, 0.2) is 0 Å². The number of halogens is 1. The number of nitrogens with two attached hydrogens (primary N) is 2. The largest absolute Gasteiger partial charge is 0.313 e. The van der Waals surface area contributed by atoms with Gasteiger partial charge < -0.3 is 11.5 Å². The molecule has 1 aliphatic rings. The Hall–Kier alpha value is 0.210. The van der Waals surface area contributed by atoms with Crippen LogP contribution in [0.3, 0.4) is 0 Å². The summed E-state index contributed by atoms with van der Waals surface area (Å²) < 4.78 is 0. The first-order valence-corrected chi connectivity index (χ1v) is 2.78. The molecule has 3 heteroatoms. The van der Waals surface area contributed by atoms with Crippen LogP contribution in [0, 0.1) is 0 Å². The van der Waals surface area contributed by atoms with Gasteiger partial charge in [0.15, 0.2) is 0 Å². The monoisotopic (exact) mass is 136 g/mol. The van der Waals surface area contributed by atoms with Crippen molar-refractivity contribution < 1.29 is 0 Å². The Labute approximate surface area is 56.0 Å². The molecule has 2 nitrogen and oxygen atoms in total. The summed E-state index contributed by atoms with van der Waals surface area (Å²) in [5.41, 5.74) is 10.8. The van der Waals surface area contributed by atoms with Crippen molar-refractivity contribution in [3.8, 4) is 0 Å². The lowest BCUT2D eigenvalue weighted by Gasteiger charge is -2.14. The molecule has 0 atom stereocenters. The van der Waals surface area contributed by atoms with Crippen LogP contribution in [-0.2, 0) is 0 Å². The normalized spacial score (nSPS) is 24.8. The molecule has 0 amide bonds. The molecular weight excluding hydrogens is 124 g/mol. The molecule has 1 saturated carbocycles. The van der Waals surface area contributed by atoms with Gasteiger partial charge in [-0.3, -0.25) is 0 Å². The van der Waals surface area contributed by atoms with Gasteiger partial charge in [0.1, 0.15) is 0 Å². The molecule has 0 aromatic rings. The van der Waals surface area contributed by atoms with E-state index in [-0.39, 0.29) is 18.1 Å². The third-order valence-corrected chi connectivity index (χ3v) is 1.53. The molecule has 4 N–H and O–H groups in total. The quantitative estimate of drug-likeness (QED) is 0.479. The molecule has 50 valence electrons. The van der Waals surface area contributed by atoms with E-state index in [0.717, 1.165) is 12.8 Å². The van der Waals surface area contributed by atoms with E-state index in [1.54, 1.807) is 0 Å². The fraction of sp³-hybridized carbons (Fsp3) is 1.00. The summed E-state index contributed by atoms with van der Waals surface area (Å²) in [4.78, 5) is 0. The minimum absolute atomic E-state index is 0. The van der Waals surface area contributed by atoms with Gasteiger partial charge in [-0.2, -0.15) is 0 Å². The molecule has 0 spiro atoms. The van der Waals surface area contributed by atoms with E-state index in [9.17, 15) is 0 Å². The standard InChI is InChI=1S/C5H12N2.ClH/c6-5(7)3-1-2-4-5;/h1-4,6-7H2;1H. The van der Waals surface area contributed by atoms with Crippen molar-refractivity contribution in [1.82, 2.24) is 0 Å². The summed E-state index contributed by atoms with van der Waals surface area (Å²) in [6.07, 6.45) is 4.44. The molecular formula is C5H13ClN2. The molecule has 8 heavy (non-hydrogen) atoms. The Morgan fingerprint density at radius 3 is 1.50 bits per heavy atom. The first-order chi connectivity index (χ1) is 3.21. The smallest absolute Gasteiger partial charge is 0.0636 e. The number of rotatable bonds is 0. The van der Waals surface area contributed by atoms with Crippen molar-refractivity contribution in [1.29, 1.82) is 0 Å². The third kappa shape index (κ3) is 1.99. The highest BCUT2D eigenvalue weighted by atomic mass is 35.5. The minimum atomic E-state index is -0.306. The SMILES string of the molecule is Cl.NC1(N)CCCC1. The summed E-state index contributed by atoms with van der Waals surface area (Å²) in [5, 5.41) is 0. The van der Waals surface area contributed by atoms with Crippen molar-refractivity contribution >= 4 is 12.4 Å². The van der Waals surface area contributed by atoms with E-state index in [0.29, 0.717) is 0 Å². The van der Waals surface area contributed by atoms with E-state index in [1.807, 2.05) is 0 Å². The molecule has 1 fully saturated rings. The molecule has 1 aliphatic carbocycles. The van der Waals surface area contributed by atoms with Gasteiger partial charge in [0.2, 0.25) is 0 Å². The molecule has 0 radical (unpaired) electrons. The Kier molecular flexibility index (Phi) is 2.74. The zero-order valence-corrected chi connectivity index (χ0v) is 5.71. The second kappa shape index (κ2) is 2.67. The molecule has 0 saturated heterocycles. The predicted molar refractivity (Wildman–Crippen MR) is 36.8 cm³/mol. The fourth-order valence-corrected chi connectivity index (χ4v) is 1.03. The first-order valence-electron chi connectivity index (χ1n) is 2.78. The molecule has 0 aromatic carbocycles. The molecule has 1 rings (SSSR count). The van der Waals surface area contributed by atoms with Gasteiger partial charge in [-0.15, -0.1) is 12.4 Å². The lowest BCUT2D eigenvalue weighted by atomic mass is 10.2. The molecule has 0 bridgehead atoms. The highest BCUT2D eigenvalue weighted by molar-refractivity contribution is 5.85. The Bertz CT molecular complexity index is 64.8. The van der Waals surface area contributed by atoms with Crippen LogP contribution in [0.5, 0.6) is 0 Å². The number of hydrogen-bond donors (Lipinski definition) is 2. The van der Waals surface area contributed by atoms with E-state index in [2.05, 4.69) is 0 Å². The van der Waals surface area contributed by atoms with Gasteiger partial charge in [-0.1, -0.05) is 12.8 Å². The van der Waals surface area contributed by atoms with Gasteiger partial charge in [0.25, 0.3) is 0 Å². The average molecular weight is 137 g/mol. The summed E-state index contributed by atoms with van der Waals surface area (Å²) >= 11 is 0. The van der Waals surface area contributed by atoms with Gasteiger partial charge >= 0.3 is 0 Å². The highest BCUT2D eigenvalue weighted by Crippen LogP contribution is 2.21. The van der Waals surface area contributed by atoms with Gasteiger partial charge in [-0.25, -0.2) is 0 Å². The summed E-state index contributed by atoms with van der Waals surface area (Å²) in [6, 6.07) is 0. The molecule has 0 heterocycles. The maximum atomic E-state index is 5.56. The van der Waals surface area contributed by atoms with Gasteiger partial charge in [-0.05, 0) is 12.8 Å². The Balaban J connectivity index is 0.000000490. The molecule has 0 aromatic heterocycles. The maximum absolute atomic E-state index is 5.56. The second-order valence-corrected chi connectivity index (χ2v) is 2.44. The van der Waals surface area contributed by atoms with E-state index in [1.165, 1.54) is 12.8 Å². The summed E-state index contributed by atoms with van der Waals surface area (Å²) in [6.45, 7) is 0. The second-order valence-electron chi connectivity index (χ2n) is 2.44. The van der Waals surface area contributed by atoms with Crippen molar-refractivity contribution in [3.05, 3.63) is 0 Å². The van der Waals surface area contributed by atoms with Crippen molar-refractivity contribution in [2.45, 2.75) is 31.3 Å². The maximum Gasteiger partial charge on any atom is 0.0636 e. The fourth-order valence-electron chi connectivity index (χ4n) is 1.03. The van der Waals surface area contributed by atoms with Crippen LogP contribution in [0.25, 0.3) is 0 Å². The zero-order valence-electron chi connectivity index (χ0n) is 4.89. The lowest BCUT2D eigenvalue weighted by molar-refractivity contribution is 0.459. The highest BCUT2D eigenvalue weighted by Gasteiger charge is 2.23. The first kappa shape index (κ1) is 8.21. The summed E-state index contributed by atoms with van der Waals surface area (Å²) in [5.74, 6) is 0. The van der Waals surface area contributed by atoms with Crippen LogP contribution in [0.2, 0.25) is 0 Å². The van der Waals surface area contributed by atoms with E-state index in [4.69, 9.17) is 11.5 Å². The third-order valence-electron chi connectivity index (χ3n) is 1.53. The molecule has 0 aliphatic heterocycles. The summed E-state index contributed by atoms with van der Waals surface area (Å²) in [7, 11) is 0. The lowest BCUT2D eigenvalue weighted by Crippen LogP contribution is -2.46. The zero-order chi connectivity index (χ0) is 5.33. The van der Waals surface area contributed by atoms with Crippen molar-refractivity contribution in [2.24, 2.45) is 11.5 Å². The van der Waals surface area contributed by atoms with E-state index < -0.39 is 0 Å². The van der Waals surface area contributed by atoms with Crippen LogP contribution < -0.4 is 11.5 Å². The van der Waals surface area contributed by atoms with Crippen molar-refractivity contribution in [3.63, 3.8) is 0 Å². The Morgan fingerprint density at radius 2 is 1.38 bits per heavy atom. The van der Waals surface area contributed by atoms with Gasteiger partial charge in [0.05, 0.1) is 5.66 Å². The molecule has 0 unspecified atom stereocenters. The topological polar surface area (TPSA) is 52.0 Å². The van der Waals surface area contributed by atoms with Crippen LogP contribution in [0.4, 0.5) is 0 Å². The average Bonchev–Trinajstić information content (AvgIpc) is 1.84. The number of hydrogen-bond acceptors (Lipinski definition) is 2. The van der Waals surface area contributed by atoms with Crippen LogP contribution in [-0.4, -0.2) is 5.66 Å². The van der Waals surface area contributed by atoms with Crippen molar-refractivity contribution in [2.75, 3.05) is 0 Å².